The lowest BCUT2D eigenvalue weighted by Crippen LogP contribution is -2.36. The van der Waals surface area contributed by atoms with Gasteiger partial charge in [-0.05, 0) is 47.5 Å². The first-order valence-electron chi connectivity index (χ1n) is 12.2. The highest BCUT2D eigenvalue weighted by Crippen LogP contribution is 2.26. The number of ether oxygens (including phenoxy) is 2. The number of rotatable bonds is 9. The van der Waals surface area contributed by atoms with E-state index in [1.54, 1.807) is 7.11 Å². The number of nitrogens with zero attached hydrogens (tertiary/aromatic N) is 3. The largest absolute Gasteiger partial charge is 0.497 e. The van der Waals surface area contributed by atoms with Crippen LogP contribution >= 0.6 is 0 Å². The molecule has 180 valence electrons. The molecule has 0 amide bonds. The van der Waals surface area contributed by atoms with Crippen LogP contribution in [-0.4, -0.2) is 48.1 Å². The SMILES string of the molecule is COc1ccc(-c2nn(-c3ccccc3)cc2CNCc2ccccc2CN2CCOCC2)cc1. The lowest BCUT2D eigenvalue weighted by molar-refractivity contribution is 0.0340. The maximum Gasteiger partial charge on any atom is 0.118 e. The van der Waals surface area contributed by atoms with Crippen molar-refractivity contribution in [2.75, 3.05) is 33.4 Å². The van der Waals surface area contributed by atoms with Crippen molar-refractivity contribution >= 4 is 0 Å². The van der Waals surface area contributed by atoms with Crippen LogP contribution in [0.25, 0.3) is 16.9 Å². The summed E-state index contributed by atoms with van der Waals surface area (Å²) in [5.74, 6) is 0.841. The molecule has 5 rings (SSSR count). The van der Waals surface area contributed by atoms with Crippen molar-refractivity contribution in [3.63, 3.8) is 0 Å². The van der Waals surface area contributed by atoms with E-state index in [0.29, 0.717) is 0 Å². The molecule has 2 heterocycles. The predicted molar refractivity (Wildman–Crippen MR) is 139 cm³/mol. The molecule has 0 saturated carbocycles. The third-order valence-electron chi connectivity index (χ3n) is 6.42. The van der Waals surface area contributed by atoms with Gasteiger partial charge < -0.3 is 14.8 Å². The minimum absolute atomic E-state index is 0.722. The summed E-state index contributed by atoms with van der Waals surface area (Å²) in [7, 11) is 1.69. The van der Waals surface area contributed by atoms with E-state index >= 15 is 0 Å². The third-order valence-corrected chi connectivity index (χ3v) is 6.42. The average Bonchev–Trinajstić information content (AvgIpc) is 3.35. The van der Waals surface area contributed by atoms with Crippen molar-refractivity contribution in [3.05, 3.63) is 102 Å². The number of nitrogens with one attached hydrogen (secondary N) is 1. The fraction of sp³-hybridized carbons (Fsp3) is 0.276. The molecule has 0 unspecified atom stereocenters. The van der Waals surface area contributed by atoms with Crippen molar-refractivity contribution in [1.29, 1.82) is 0 Å². The van der Waals surface area contributed by atoms with E-state index < -0.39 is 0 Å². The Hall–Kier alpha value is -3.45. The number of benzene rings is 3. The molecule has 1 saturated heterocycles. The topological polar surface area (TPSA) is 51.5 Å². The maximum atomic E-state index is 5.51. The zero-order valence-corrected chi connectivity index (χ0v) is 20.2. The Labute approximate surface area is 207 Å². The van der Waals surface area contributed by atoms with Crippen LogP contribution in [-0.2, 0) is 24.4 Å². The molecule has 1 aromatic heterocycles. The fourth-order valence-electron chi connectivity index (χ4n) is 4.46. The quantitative estimate of drug-likeness (QED) is 0.387. The number of aromatic nitrogens is 2. The summed E-state index contributed by atoms with van der Waals surface area (Å²) < 4.78 is 12.8. The summed E-state index contributed by atoms with van der Waals surface area (Å²) in [5.41, 5.74) is 6.96. The van der Waals surface area contributed by atoms with Gasteiger partial charge in [0.1, 0.15) is 5.75 Å². The lowest BCUT2D eigenvalue weighted by Gasteiger charge is -2.27. The van der Waals surface area contributed by atoms with Gasteiger partial charge in [0.05, 0.1) is 31.7 Å². The fourth-order valence-corrected chi connectivity index (χ4v) is 4.46. The van der Waals surface area contributed by atoms with Crippen LogP contribution in [0, 0.1) is 0 Å². The molecule has 1 fully saturated rings. The van der Waals surface area contributed by atoms with E-state index in [4.69, 9.17) is 14.6 Å². The molecule has 4 aromatic rings. The second-order valence-corrected chi connectivity index (χ2v) is 8.77. The van der Waals surface area contributed by atoms with E-state index in [1.165, 1.54) is 11.1 Å². The Bertz CT molecular complexity index is 1220. The van der Waals surface area contributed by atoms with Crippen molar-refractivity contribution in [2.45, 2.75) is 19.6 Å². The Kier molecular flexibility index (Phi) is 7.53. The Morgan fingerprint density at radius 1 is 0.829 bits per heavy atom. The molecule has 0 atom stereocenters. The van der Waals surface area contributed by atoms with Gasteiger partial charge in [0, 0.05) is 50.0 Å². The maximum absolute atomic E-state index is 5.51. The van der Waals surface area contributed by atoms with Crippen molar-refractivity contribution in [1.82, 2.24) is 20.0 Å². The zero-order valence-electron chi connectivity index (χ0n) is 20.2. The molecule has 0 radical (unpaired) electrons. The summed E-state index contributed by atoms with van der Waals surface area (Å²) in [6.45, 7) is 6.11. The average molecular weight is 469 g/mol. The van der Waals surface area contributed by atoms with Gasteiger partial charge in [-0.1, -0.05) is 42.5 Å². The Morgan fingerprint density at radius 2 is 1.51 bits per heavy atom. The molecule has 3 aromatic carbocycles. The summed E-state index contributed by atoms with van der Waals surface area (Å²) in [6, 6.07) is 27.0. The molecular weight excluding hydrogens is 436 g/mol. The molecule has 0 spiro atoms. The van der Waals surface area contributed by atoms with Crippen molar-refractivity contribution in [3.8, 4) is 22.7 Å². The lowest BCUT2D eigenvalue weighted by atomic mass is 10.1. The van der Waals surface area contributed by atoms with E-state index in [9.17, 15) is 0 Å². The molecular formula is C29H32N4O2. The van der Waals surface area contributed by atoms with Crippen molar-refractivity contribution < 1.29 is 9.47 Å². The highest BCUT2D eigenvalue weighted by atomic mass is 16.5. The van der Waals surface area contributed by atoms with Gasteiger partial charge in [0.25, 0.3) is 0 Å². The summed E-state index contributed by atoms with van der Waals surface area (Å²) in [6.07, 6.45) is 2.13. The van der Waals surface area contributed by atoms with Crippen LogP contribution in [0.2, 0.25) is 0 Å². The zero-order chi connectivity index (χ0) is 23.9. The number of hydrogen-bond donors (Lipinski definition) is 1. The van der Waals surface area contributed by atoms with Gasteiger partial charge in [-0.3, -0.25) is 4.90 Å². The molecule has 6 heteroatoms. The van der Waals surface area contributed by atoms with Crippen molar-refractivity contribution in [2.24, 2.45) is 0 Å². The van der Waals surface area contributed by atoms with E-state index in [2.05, 4.69) is 64.9 Å². The second-order valence-electron chi connectivity index (χ2n) is 8.77. The molecule has 1 N–H and O–H groups in total. The molecule has 1 aliphatic rings. The predicted octanol–water partition coefficient (Wildman–Crippen LogP) is 4.67. The first-order chi connectivity index (χ1) is 17.3. The summed E-state index contributed by atoms with van der Waals surface area (Å²) in [4.78, 5) is 2.47. The van der Waals surface area contributed by atoms with Gasteiger partial charge in [0.2, 0.25) is 0 Å². The van der Waals surface area contributed by atoms with Gasteiger partial charge in [0.15, 0.2) is 0 Å². The highest BCUT2D eigenvalue weighted by molar-refractivity contribution is 5.64. The monoisotopic (exact) mass is 468 g/mol. The van der Waals surface area contributed by atoms with E-state index in [1.807, 2.05) is 35.0 Å². The molecule has 0 bridgehead atoms. The van der Waals surface area contributed by atoms with Crippen LogP contribution in [0.15, 0.2) is 85.1 Å². The minimum Gasteiger partial charge on any atom is -0.497 e. The van der Waals surface area contributed by atoms with Crippen LogP contribution in [0.4, 0.5) is 0 Å². The van der Waals surface area contributed by atoms with Gasteiger partial charge in [-0.15, -0.1) is 0 Å². The van der Waals surface area contributed by atoms with Crippen LogP contribution in [0.1, 0.15) is 16.7 Å². The van der Waals surface area contributed by atoms with Gasteiger partial charge in [-0.25, -0.2) is 4.68 Å². The normalized spacial score (nSPS) is 14.2. The van der Waals surface area contributed by atoms with E-state index in [-0.39, 0.29) is 0 Å². The van der Waals surface area contributed by atoms with E-state index in [0.717, 1.165) is 74.2 Å². The molecule has 0 aliphatic carbocycles. The second kappa shape index (κ2) is 11.3. The molecule has 35 heavy (non-hydrogen) atoms. The number of methoxy groups -OCH3 is 1. The summed E-state index contributed by atoms with van der Waals surface area (Å²) >= 11 is 0. The Morgan fingerprint density at radius 3 is 2.26 bits per heavy atom. The third kappa shape index (κ3) is 5.80. The Balaban J connectivity index is 1.34. The van der Waals surface area contributed by atoms with Gasteiger partial charge in [-0.2, -0.15) is 5.10 Å². The smallest absolute Gasteiger partial charge is 0.118 e. The van der Waals surface area contributed by atoms with Gasteiger partial charge >= 0.3 is 0 Å². The van der Waals surface area contributed by atoms with Crippen LogP contribution in [0.3, 0.4) is 0 Å². The molecule has 1 aliphatic heterocycles. The first kappa shape index (κ1) is 23.3. The number of morpholine rings is 1. The summed E-state index contributed by atoms with van der Waals surface area (Å²) in [5, 5.41) is 8.62. The first-order valence-corrected chi connectivity index (χ1v) is 12.2. The standard InChI is InChI=1S/C29H32N4O2/c1-34-28-13-11-23(12-14-28)29-26(22-33(31-29)27-9-3-2-4-10-27)20-30-19-24-7-5-6-8-25(24)21-32-15-17-35-18-16-32/h2-14,22,30H,15-21H2,1H3. The highest BCUT2D eigenvalue weighted by Gasteiger charge is 2.15. The van der Waals surface area contributed by atoms with Crippen LogP contribution in [0.5, 0.6) is 5.75 Å². The molecule has 6 nitrogen and oxygen atoms in total. The minimum atomic E-state index is 0.722. The number of hydrogen-bond acceptors (Lipinski definition) is 5. The number of para-hydroxylation sites is 1. The van der Waals surface area contributed by atoms with Crippen LogP contribution < -0.4 is 10.1 Å².